The van der Waals surface area contributed by atoms with Gasteiger partial charge in [0.2, 0.25) is 0 Å². The van der Waals surface area contributed by atoms with E-state index in [1.54, 1.807) is 4.90 Å². The number of nitrogens with two attached hydrogens (primary N) is 1. The molecule has 2 aromatic carbocycles. The van der Waals surface area contributed by atoms with E-state index in [1.165, 1.54) is 12.1 Å². The zero-order chi connectivity index (χ0) is 34.2. The summed E-state index contributed by atoms with van der Waals surface area (Å²) in [5, 5.41) is 10.2. The van der Waals surface area contributed by atoms with Crippen molar-refractivity contribution in [3.05, 3.63) is 46.0 Å². The summed E-state index contributed by atoms with van der Waals surface area (Å²) in [7, 11) is 0. The van der Waals surface area contributed by atoms with E-state index in [4.69, 9.17) is 31.8 Å². The summed E-state index contributed by atoms with van der Waals surface area (Å²) in [6.45, 7) is 4.50. The van der Waals surface area contributed by atoms with Gasteiger partial charge in [0.05, 0.1) is 32.8 Å². The molecule has 4 aliphatic rings. The number of anilines is 2. The molecule has 3 saturated heterocycles. The fourth-order valence-electron chi connectivity index (χ4n) is 8.53. The third kappa shape index (κ3) is 5.17. The Morgan fingerprint density at radius 2 is 2.06 bits per heavy atom. The molecule has 3 atom stereocenters. The molecule has 0 radical (unpaired) electrons. The van der Waals surface area contributed by atoms with Crippen LogP contribution >= 0.6 is 22.9 Å². The highest BCUT2D eigenvalue weighted by molar-refractivity contribution is 7.23. The van der Waals surface area contributed by atoms with Gasteiger partial charge in [-0.1, -0.05) is 24.6 Å². The maximum absolute atomic E-state index is 17.3. The molecule has 4 aliphatic heterocycles. The Labute approximate surface area is 289 Å². The van der Waals surface area contributed by atoms with Crippen molar-refractivity contribution < 1.29 is 27.0 Å². The lowest BCUT2D eigenvalue weighted by molar-refractivity contribution is 0.107. The van der Waals surface area contributed by atoms with Gasteiger partial charge in [0.15, 0.2) is 11.6 Å². The Kier molecular flexibility index (Phi) is 8.04. The van der Waals surface area contributed by atoms with Crippen LogP contribution in [0.3, 0.4) is 0 Å². The molecule has 1 unspecified atom stereocenters. The summed E-state index contributed by atoms with van der Waals surface area (Å²) in [6.07, 6.45) is 3.07. The Morgan fingerprint density at radius 3 is 2.86 bits per heavy atom. The highest BCUT2D eigenvalue weighted by atomic mass is 35.5. The van der Waals surface area contributed by atoms with Crippen molar-refractivity contribution in [2.75, 3.05) is 43.5 Å². The lowest BCUT2D eigenvalue weighted by Gasteiger charge is -2.35. The van der Waals surface area contributed by atoms with Gasteiger partial charge in [0.1, 0.15) is 34.8 Å². The summed E-state index contributed by atoms with van der Waals surface area (Å²) in [6, 6.07) is 4.25. The van der Waals surface area contributed by atoms with Crippen molar-refractivity contribution in [1.29, 1.82) is 5.26 Å². The first-order valence-corrected chi connectivity index (χ1v) is 17.7. The molecule has 3 fully saturated rings. The Hall–Kier alpha value is -3.86. The van der Waals surface area contributed by atoms with Crippen molar-refractivity contribution in [1.82, 2.24) is 14.9 Å². The molecule has 0 spiro atoms. The van der Waals surface area contributed by atoms with E-state index in [1.807, 2.05) is 6.07 Å². The van der Waals surface area contributed by atoms with Gasteiger partial charge in [-0.25, -0.2) is 8.78 Å². The molecule has 8 rings (SSSR count). The van der Waals surface area contributed by atoms with Gasteiger partial charge in [0, 0.05) is 42.1 Å². The second kappa shape index (κ2) is 12.2. The van der Waals surface area contributed by atoms with E-state index in [0.29, 0.717) is 31.8 Å². The van der Waals surface area contributed by atoms with Gasteiger partial charge in [-0.15, -0.1) is 11.3 Å². The van der Waals surface area contributed by atoms with Crippen LogP contribution in [0.25, 0.3) is 32.1 Å². The van der Waals surface area contributed by atoms with E-state index in [0.717, 1.165) is 43.7 Å². The van der Waals surface area contributed by atoms with E-state index in [2.05, 4.69) is 16.8 Å². The zero-order valence-electron chi connectivity index (χ0n) is 26.7. The molecule has 2 N–H and O–H groups in total. The summed E-state index contributed by atoms with van der Waals surface area (Å²) in [4.78, 5) is 13.7. The van der Waals surface area contributed by atoms with Gasteiger partial charge in [-0.2, -0.15) is 24.0 Å². The molecular weight excluding hydrogens is 680 g/mol. The predicted molar refractivity (Wildman–Crippen MR) is 182 cm³/mol. The lowest BCUT2D eigenvalue weighted by Crippen LogP contribution is -2.43. The Morgan fingerprint density at radius 1 is 1.22 bits per heavy atom. The average molecular weight is 713 g/mol. The molecule has 14 heteroatoms. The molecule has 49 heavy (non-hydrogen) atoms. The highest BCUT2D eigenvalue weighted by Gasteiger charge is 2.48. The molecule has 0 bridgehead atoms. The number of rotatable bonds is 4. The highest BCUT2D eigenvalue weighted by Crippen LogP contribution is 2.51. The summed E-state index contributed by atoms with van der Waals surface area (Å²) < 4.78 is 73.4. The van der Waals surface area contributed by atoms with Crippen LogP contribution in [0.2, 0.25) is 5.02 Å². The molecule has 6 heterocycles. The third-order valence-electron chi connectivity index (χ3n) is 10.7. The number of benzene rings is 2. The van der Waals surface area contributed by atoms with E-state index in [-0.39, 0.29) is 102 Å². The van der Waals surface area contributed by atoms with Crippen molar-refractivity contribution in [2.24, 2.45) is 5.92 Å². The van der Waals surface area contributed by atoms with Crippen molar-refractivity contribution in [3.8, 4) is 29.0 Å². The molecule has 0 amide bonds. The molecule has 4 aromatic rings. The smallest absolute Gasteiger partial charge is 0.319 e. The monoisotopic (exact) mass is 712 g/mol. The minimum atomic E-state index is -1.74. The van der Waals surface area contributed by atoms with Gasteiger partial charge in [-0.3, -0.25) is 4.90 Å². The number of hydrogen-bond donors (Lipinski definition) is 1. The SMILES string of the molecule is C[C@H]1CN2CCC[C@@]2(COc2nc3c4c(c(Cl)c(-c5ccc(F)c6sc(N)c(C#N)c56)c(F)c4n2)OCCC2CCCC(=C(F)F)CN32)C1. The van der Waals surface area contributed by atoms with Gasteiger partial charge in [-0.05, 0) is 62.6 Å². The second-order valence-electron chi connectivity index (χ2n) is 13.7. The van der Waals surface area contributed by atoms with Crippen LogP contribution in [0, 0.1) is 28.9 Å². The fourth-order valence-corrected chi connectivity index (χ4v) is 9.81. The molecule has 8 nitrogen and oxygen atoms in total. The largest absolute Gasteiger partial charge is 0.491 e. The van der Waals surface area contributed by atoms with Crippen molar-refractivity contribution >= 4 is 54.7 Å². The maximum atomic E-state index is 17.3. The van der Waals surface area contributed by atoms with Crippen LogP contribution in [-0.2, 0) is 0 Å². The van der Waals surface area contributed by atoms with E-state index in [9.17, 15) is 14.0 Å². The first kappa shape index (κ1) is 32.4. The second-order valence-corrected chi connectivity index (χ2v) is 15.1. The number of halogens is 5. The maximum Gasteiger partial charge on any atom is 0.319 e. The minimum Gasteiger partial charge on any atom is -0.491 e. The van der Waals surface area contributed by atoms with Gasteiger partial charge < -0.3 is 20.1 Å². The minimum absolute atomic E-state index is 0.00354. The lowest BCUT2D eigenvalue weighted by atomic mass is 9.92. The topological polar surface area (TPSA) is 101 Å². The van der Waals surface area contributed by atoms with Gasteiger partial charge in [0.25, 0.3) is 6.08 Å². The Balaban J connectivity index is 1.37. The summed E-state index contributed by atoms with van der Waals surface area (Å²) >= 11 is 7.93. The number of aromatic nitrogens is 2. The number of nitriles is 1. The number of fused-ring (bicyclic) bond motifs is 4. The predicted octanol–water partition coefficient (Wildman–Crippen LogP) is 8.44. The van der Waals surface area contributed by atoms with Crippen molar-refractivity contribution in [2.45, 2.75) is 63.5 Å². The van der Waals surface area contributed by atoms with Crippen LogP contribution in [-0.4, -0.2) is 59.3 Å². The average Bonchev–Trinajstić information content (AvgIpc) is 3.65. The quantitative estimate of drug-likeness (QED) is 0.211. The molecule has 256 valence electrons. The first-order valence-electron chi connectivity index (χ1n) is 16.5. The first-order chi connectivity index (χ1) is 23.6. The number of hydrogen-bond acceptors (Lipinski definition) is 9. The summed E-state index contributed by atoms with van der Waals surface area (Å²) in [5.74, 6) is -0.703. The van der Waals surface area contributed by atoms with Gasteiger partial charge >= 0.3 is 6.01 Å². The summed E-state index contributed by atoms with van der Waals surface area (Å²) in [5.41, 5.74) is 5.74. The fraction of sp³-hybridized carbons (Fsp3) is 0.457. The molecular formula is C35H33ClF4N6O2S. The third-order valence-corrected chi connectivity index (χ3v) is 12.1. The number of ether oxygens (including phenoxy) is 2. The standard InChI is InChI=1S/C35H33ClF4N6O2S/c1-17-12-35(9-3-10-45(35)14-17)16-48-34-43-28-25-29(47-11-8-19-5-2-4-18(31(39)40)15-46(19)33(25)44-34)26(36)24(27(28)38)20-6-7-22(37)30-23(20)21(13-41)32(42)49-30/h6-7,17,19H,2-5,8-12,14-16,42H2,1H3/t17-,19?,35+/m1/s1. The van der Waals surface area contributed by atoms with Crippen LogP contribution in [0.1, 0.15) is 57.4 Å². The van der Waals surface area contributed by atoms with Crippen molar-refractivity contribution in [3.63, 3.8) is 0 Å². The Bertz CT molecular complexity index is 2100. The van der Waals surface area contributed by atoms with E-state index >= 15 is 8.78 Å². The van der Waals surface area contributed by atoms with Crippen LogP contribution in [0.5, 0.6) is 11.8 Å². The normalized spacial score (nSPS) is 23.9. The number of nitrogen functional groups attached to an aromatic ring is 1. The van der Waals surface area contributed by atoms with E-state index < -0.39 is 17.7 Å². The zero-order valence-corrected chi connectivity index (χ0v) is 28.3. The van der Waals surface area contributed by atoms with Crippen LogP contribution < -0.4 is 20.1 Å². The number of thiophene rings is 1. The van der Waals surface area contributed by atoms with Crippen LogP contribution in [0.4, 0.5) is 28.4 Å². The molecule has 0 saturated carbocycles. The number of nitrogens with zero attached hydrogens (tertiary/aromatic N) is 5. The van der Waals surface area contributed by atoms with Crippen LogP contribution in [0.15, 0.2) is 23.8 Å². The molecule has 0 aliphatic carbocycles. The molecule has 2 aromatic heterocycles.